The molecule has 4 aliphatic rings. The molecule has 6 rings (SSSR count). The summed E-state index contributed by atoms with van der Waals surface area (Å²) in [4.78, 5) is 64.8. The molecule has 0 spiro atoms. The number of carboxylic acid groups (broad SMARTS) is 1. The monoisotopic (exact) mass is 746 g/mol. The van der Waals surface area contributed by atoms with Gasteiger partial charge in [0, 0.05) is 74.1 Å². The van der Waals surface area contributed by atoms with Crippen LogP contribution in [0.5, 0.6) is 0 Å². The summed E-state index contributed by atoms with van der Waals surface area (Å²) in [7, 11) is 0. The highest BCUT2D eigenvalue weighted by Crippen LogP contribution is 2.23. The lowest BCUT2D eigenvalue weighted by molar-refractivity contribution is -0.155. The van der Waals surface area contributed by atoms with Crippen LogP contribution in [-0.4, -0.2) is 116 Å². The summed E-state index contributed by atoms with van der Waals surface area (Å²) in [5.74, 6) is -1.12. The van der Waals surface area contributed by atoms with Crippen molar-refractivity contribution in [1.29, 1.82) is 0 Å². The third-order valence-electron chi connectivity index (χ3n) is 10.9. The van der Waals surface area contributed by atoms with Gasteiger partial charge in [0.15, 0.2) is 0 Å². The Kier molecular flexibility index (Phi) is 14.3. The number of carbonyl (C=O) groups excluding carboxylic acids is 3. The van der Waals surface area contributed by atoms with Gasteiger partial charge >= 0.3 is 24.0 Å². The van der Waals surface area contributed by atoms with Crippen LogP contribution in [0.3, 0.4) is 0 Å². The molecule has 12 heteroatoms. The molecule has 0 unspecified atom stereocenters. The van der Waals surface area contributed by atoms with E-state index in [1.165, 1.54) is 48.2 Å². The van der Waals surface area contributed by atoms with Crippen molar-refractivity contribution in [2.45, 2.75) is 142 Å². The van der Waals surface area contributed by atoms with E-state index in [0.717, 1.165) is 75.8 Å². The fourth-order valence-electron chi connectivity index (χ4n) is 7.97. The van der Waals surface area contributed by atoms with Gasteiger partial charge in [-0.25, -0.2) is 9.59 Å². The summed E-state index contributed by atoms with van der Waals surface area (Å²) in [6, 6.07) is 8.31. The van der Waals surface area contributed by atoms with Gasteiger partial charge in [0.2, 0.25) is 0 Å². The first-order valence-electron chi connectivity index (χ1n) is 20.3. The van der Waals surface area contributed by atoms with Crippen molar-refractivity contribution < 1.29 is 29.0 Å². The zero-order valence-corrected chi connectivity index (χ0v) is 33.3. The van der Waals surface area contributed by atoms with E-state index in [4.69, 9.17) is 19.8 Å². The van der Waals surface area contributed by atoms with E-state index in [2.05, 4.69) is 24.3 Å². The lowest BCUT2D eigenvalue weighted by atomic mass is 9.95. The lowest BCUT2D eigenvalue weighted by Gasteiger charge is -2.26. The molecule has 2 aliphatic heterocycles. The zero-order valence-electron chi connectivity index (χ0n) is 33.3. The van der Waals surface area contributed by atoms with E-state index < -0.39 is 11.6 Å². The number of hydrogen-bond acceptors (Lipinski definition) is 7. The fraction of sp³-hybridized carbons (Fsp3) is 0.667. The van der Waals surface area contributed by atoms with Gasteiger partial charge in [-0.15, -0.1) is 0 Å². The van der Waals surface area contributed by atoms with Gasteiger partial charge in [-0.05, 0) is 135 Å². The number of carboxylic acids is 1. The van der Waals surface area contributed by atoms with Crippen molar-refractivity contribution in [3.05, 3.63) is 58.2 Å². The summed E-state index contributed by atoms with van der Waals surface area (Å²) in [6.07, 6.45) is 13.3. The van der Waals surface area contributed by atoms with Gasteiger partial charge in [0.05, 0.1) is 12.8 Å². The molecule has 2 fully saturated rings. The smallest absolute Gasteiger partial charge is 0.320 e. The second-order valence-electron chi connectivity index (χ2n) is 16.5. The van der Waals surface area contributed by atoms with Crippen LogP contribution in [0.2, 0.25) is 0 Å². The lowest BCUT2D eigenvalue weighted by Crippen LogP contribution is -2.40. The van der Waals surface area contributed by atoms with Crippen molar-refractivity contribution in [3.8, 4) is 0 Å². The molecule has 2 saturated heterocycles. The average molecular weight is 747 g/mol. The molecule has 4 heterocycles. The van der Waals surface area contributed by atoms with Gasteiger partial charge < -0.3 is 29.4 Å². The van der Waals surface area contributed by atoms with Crippen LogP contribution in [0.15, 0.2) is 24.3 Å². The predicted octanol–water partition coefficient (Wildman–Crippen LogP) is 6.24. The van der Waals surface area contributed by atoms with Crippen LogP contribution in [0.25, 0.3) is 0 Å². The number of pyridine rings is 2. The minimum atomic E-state index is -0.864. The number of amides is 4. The second kappa shape index (κ2) is 18.9. The first kappa shape index (κ1) is 41.0. The molecule has 0 saturated carbocycles. The van der Waals surface area contributed by atoms with Gasteiger partial charge in [0.25, 0.3) is 0 Å². The molecule has 2 atom stereocenters. The minimum absolute atomic E-state index is 0.00136. The summed E-state index contributed by atoms with van der Waals surface area (Å²) in [5, 5.41) is 8.89. The number of aryl methyl sites for hydroxylation is 6. The molecule has 2 aromatic rings. The molecule has 0 bridgehead atoms. The van der Waals surface area contributed by atoms with E-state index in [0.29, 0.717) is 26.2 Å². The molecule has 54 heavy (non-hydrogen) atoms. The summed E-state index contributed by atoms with van der Waals surface area (Å²) in [6.45, 7) is 13.4. The quantitative estimate of drug-likeness (QED) is 0.224. The highest BCUT2D eigenvalue weighted by Gasteiger charge is 2.34. The Labute approximate surface area is 321 Å². The first-order chi connectivity index (χ1) is 25.8. The van der Waals surface area contributed by atoms with E-state index in [9.17, 15) is 19.2 Å². The Morgan fingerprint density at radius 1 is 0.704 bits per heavy atom. The number of rotatable bonds is 14. The molecule has 0 radical (unpaired) electrons. The Morgan fingerprint density at radius 3 is 1.59 bits per heavy atom. The van der Waals surface area contributed by atoms with E-state index in [1.54, 1.807) is 16.7 Å². The van der Waals surface area contributed by atoms with Gasteiger partial charge in [-0.2, -0.15) is 0 Å². The largest absolute Gasteiger partial charge is 0.481 e. The SMILES string of the molecule is C[C@H](CC(=O)O)N1CCN(CCCc2ccc3c(n2)CCCC3)C1=O.C[C@H](CC(=O)OC(C)(C)C)N1CCN(CCCc2ccc3c(n2)CCCC3)C1=O. The van der Waals surface area contributed by atoms with Crippen molar-refractivity contribution in [2.75, 3.05) is 39.3 Å². The maximum atomic E-state index is 12.7. The number of aromatic nitrogens is 2. The molecule has 12 nitrogen and oxygen atoms in total. The van der Waals surface area contributed by atoms with Crippen molar-refractivity contribution in [3.63, 3.8) is 0 Å². The van der Waals surface area contributed by atoms with Crippen molar-refractivity contribution >= 4 is 24.0 Å². The van der Waals surface area contributed by atoms with Gasteiger partial charge in [-0.1, -0.05) is 12.1 Å². The Balaban J connectivity index is 0.000000210. The normalized spacial score (nSPS) is 18.2. The molecular weight excluding hydrogens is 684 g/mol. The molecule has 2 aromatic heterocycles. The Hall–Kier alpha value is -4.22. The number of esters is 1. The third kappa shape index (κ3) is 11.6. The van der Waals surface area contributed by atoms with Crippen LogP contribution in [-0.2, 0) is 52.9 Å². The van der Waals surface area contributed by atoms with Crippen LogP contribution < -0.4 is 0 Å². The summed E-state index contributed by atoms with van der Waals surface area (Å²) >= 11 is 0. The Bertz CT molecular complexity index is 1620. The summed E-state index contributed by atoms with van der Waals surface area (Å²) < 4.78 is 5.39. The van der Waals surface area contributed by atoms with Gasteiger partial charge in [-0.3, -0.25) is 19.6 Å². The molecule has 4 amide bonds. The van der Waals surface area contributed by atoms with E-state index >= 15 is 0 Å². The van der Waals surface area contributed by atoms with E-state index in [1.807, 2.05) is 37.5 Å². The molecule has 0 aromatic carbocycles. The number of aliphatic carboxylic acids is 1. The standard InChI is InChI=1S/C23H35N3O3.C19H27N3O3/c1-17(16-21(27)29-23(2,3)4)26-15-14-25(22(26)28)13-7-9-19-12-11-18-8-5-6-10-20(18)24-19;1-14(13-18(23)24)22-12-11-21(19(22)25)10-4-6-16-9-8-15-5-2-3-7-17(15)20-16/h11-12,17H,5-10,13-16H2,1-4H3;8-9,14H,2-7,10-13H2,1H3,(H,23,24)/t17-;14-/m11/s1. The van der Waals surface area contributed by atoms with Crippen LogP contribution in [0.1, 0.15) is 120 Å². The summed E-state index contributed by atoms with van der Waals surface area (Å²) in [5.41, 5.74) is 7.08. The third-order valence-corrected chi connectivity index (χ3v) is 10.9. The Morgan fingerprint density at radius 2 is 1.15 bits per heavy atom. The highest BCUT2D eigenvalue weighted by molar-refractivity contribution is 5.79. The molecule has 2 aliphatic carbocycles. The van der Waals surface area contributed by atoms with Crippen molar-refractivity contribution in [1.82, 2.24) is 29.6 Å². The number of urea groups is 2. The number of nitrogens with zero attached hydrogens (tertiary/aromatic N) is 6. The van der Waals surface area contributed by atoms with Crippen molar-refractivity contribution in [2.24, 2.45) is 0 Å². The number of hydrogen-bond donors (Lipinski definition) is 1. The van der Waals surface area contributed by atoms with E-state index in [-0.39, 0.29) is 43.0 Å². The molecular formula is C42H62N6O6. The topological polar surface area (TPSA) is 136 Å². The van der Waals surface area contributed by atoms with Crippen LogP contribution >= 0.6 is 0 Å². The number of carbonyl (C=O) groups is 4. The first-order valence-corrected chi connectivity index (χ1v) is 20.3. The number of fused-ring (bicyclic) bond motifs is 2. The van der Waals surface area contributed by atoms with Gasteiger partial charge in [0.1, 0.15) is 5.60 Å². The maximum absolute atomic E-state index is 12.7. The minimum Gasteiger partial charge on any atom is -0.481 e. The average Bonchev–Trinajstić information content (AvgIpc) is 3.68. The highest BCUT2D eigenvalue weighted by atomic mass is 16.6. The second-order valence-corrected chi connectivity index (χ2v) is 16.5. The maximum Gasteiger partial charge on any atom is 0.320 e. The predicted molar refractivity (Wildman–Crippen MR) is 207 cm³/mol. The molecule has 1 N–H and O–H groups in total. The van der Waals surface area contributed by atoms with Crippen LogP contribution in [0.4, 0.5) is 9.59 Å². The van der Waals surface area contributed by atoms with Crippen LogP contribution in [0, 0.1) is 0 Å². The molecule has 296 valence electrons. The fourth-order valence-corrected chi connectivity index (χ4v) is 7.97. The number of ether oxygens (including phenoxy) is 1. The zero-order chi connectivity index (χ0) is 38.8.